The first-order valence-electron chi connectivity index (χ1n) is 13.2. The monoisotopic (exact) mass is 522 g/mol. The van der Waals surface area contributed by atoms with E-state index in [1.807, 2.05) is 55.5 Å². The van der Waals surface area contributed by atoms with Gasteiger partial charge in [-0.25, -0.2) is 0 Å². The van der Waals surface area contributed by atoms with Crippen molar-refractivity contribution in [2.75, 3.05) is 20.3 Å². The molecule has 3 aromatic carbocycles. The Morgan fingerprint density at radius 3 is 2.08 bits per heavy atom. The van der Waals surface area contributed by atoms with Gasteiger partial charge in [0.05, 0.1) is 31.0 Å². The third kappa shape index (κ3) is 6.90. The smallest absolute Gasteiger partial charge is 0.311 e. The first-order chi connectivity index (χ1) is 18.2. The fraction of sp³-hybridized carbons (Fsp3) is 0.452. The van der Waals surface area contributed by atoms with E-state index in [-0.39, 0.29) is 32.7 Å². The number of carbonyl (C=O) groups excluding carboxylic acids is 3. The van der Waals surface area contributed by atoms with Crippen LogP contribution < -0.4 is 0 Å². The molecule has 7 nitrogen and oxygen atoms in total. The second kappa shape index (κ2) is 13.4. The molecule has 3 rings (SSSR count). The summed E-state index contributed by atoms with van der Waals surface area (Å²) >= 11 is 0. The summed E-state index contributed by atoms with van der Waals surface area (Å²) in [6.45, 7) is 5.44. The standard InChI is InChI=1S/C31H38O7/c1-5-22(29(34)37-16-10-15-32)19-31(3,30(35)36-4)18-21(2)28(33)38-20-27-25-13-8-6-11-23(25)17-24-12-7-9-14-26(24)27/h6-9,11-14,17,21-22,32H,5,10,15-16,18-20H2,1-4H3. The molecule has 7 heteroatoms. The number of carbonyl (C=O) groups is 3. The highest BCUT2D eigenvalue weighted by atomic mass is 16.5. The fourth-order valence-electron chi connectivity index (χ4n) is 5.10. The maximum absolute atomic E-state index is 13.2. The summed E-state index contributed by atoms with van der Waals surface area (Å²) in [5.41, 5.74) is -0.151. The number of fused-ring (bicyclic) bond motifs is 2. The predicted octanol–water partition coefficient (Wildman–Crippen LogP) is 5.58. The van der Waals surface area contributed by atoms with Crippen LogP contribution in [0.25, 0.3) is 21.5 Å². The minimum Gasteiger partial charge on any atom is -0.469 e. The highest BCUT2D eigenvalue weighted by molar-refractivity contribution is 6.02. The van der Waals surface area contributed by atoms with Crippen molar-refractivity contribution < 1.29 is 33.7 Å². The molecule has 0 fully saturated rings. The Kier molecular flexibility index (Phi) is 10.2. The van der Waals surface area contributed by atoms with Crippen molar-refractivity contribution in [2.24, 2.45) is 17.3 Å². The van der Waals surface area contributed by atoms with Crippen LogP contribution in [0.4, 0.5) is 0 Å². The molecular weight excluding hydrogens is 484 g/mol. The van der Waals surface area contributed by atoms with Crippen molar-refractivity contribution in [1.82, 2.24) is 0 Å². The van der Waals surface area contributed by atoms with E-state index in [0.717, 1.165) is 27.1 Å². The number of esters is 3. The normalized spacial score (nSPS) is 14.4. The number of methoxy groups -OCH3 is 1. The lowest BCUT2D eigenvalue weighted by Gasteiger charge is -2.31. The summed E-state index contributed by atoms with van der Waals surface area (Å²) in [6, 6.07) is 18.1. The van der Waals surface area contributed by atoms with E-state index in [1.165, 1.54) is 7.11 Å². The number of benzene rings is 3. The maximum Gasteiger partial charge on any atom is 0.311 e. The second-order valence-corrected chi connectivity index (χ2v) is 10.1. The molecule has 38 heavy (non-hydrogen) atoms. The molecule has 0 radical (unpaired) electrons. The molecule has 3 unspecified atom stereocenters. The Morgan fingerprint density at radius 1 is 0.921 bits per heavy atom. The summed E-state index contributed by atoms with van der Waals surface area (Å²) in [7, 11) is 1.30. The minimum absolute atomic E-state index is 0.0713. The zero-order valence-corrected chi connectivity index (χ0v) is 22.7. The number of rotatable bonds is 13. The van der Waals surface area contributed by atoms with E-state index in [2.05, 4.69) is 6.07 Å². The number of hydrogen-bond donors (Lipinski definition) is 1. The van der Waals surface area contributed by atoms with E-state index in [1.54, 1.807) is 13.8 Å². The van der Waals surface area contributed by atoms with Gasteiger partial charge in [0.1, 0.15) is 6.61 Å². The first-order valence-corrected chi connectivity index (χ1v) is 13.2. The van der Waals surface area contributed by atoms with Crippen LogP contribution in [0.5, 0.6) is 0 Å². The summed E-state index contributed by atoms with van der Waals surface area (Å²) in [5, 5.41) is 13.1. The molecule has 0 saturated carbocycles. The van der Waals surface area contributed by atoms with E-state index in [4.69, 9.17) is 19.3 Å². The Morgan fingerprint density at radius 2 is 1.53 bits per heavy atom. The van der Waals surface area contributed by atoms with Gasteiger partial charge >= 0.3 is 17.9 Å². The molecule has 0 saturated heterocycles. The zero-order chi connectivity index (χ0) is 27.7. The average Bonchev–Trinajstić information content (AvgIpc) is 2.93. The predicted molar refractivity (Wildman–Crippen MR) is 146 cm³/mol. The Hall–Kier alpha value is -3.45. The van der Waals surface area contributed by atoms with Crippen LogP contribution in [0.3, 0.4) is 0 Å². The Bertz CT molecular complexity index is 1210. The van der Waals surface area contributed by atoms with Crippen molar-refractivity contribution >= 4 is 39.5 Å². The van der Waals surface area contributed by atoms with Crippen molar-refractivity contribution in [2.45, 2.75) is 53.1 Å². The van der Waals surface area contributed by atoms with Crippen LogP contribution in [0, 0.1) is 17.3 Å². The molecule has 0 aliphatic rings. The van der Waals surface area contributed by atoms with E-state index >= 15 is 0 Å². The van der Waals surface area contributed by atoms with Crippen LogP contribution in [0.15, 0.2) is 54.6 Å². The molecule has 0 aliphatic heterocycles. The van der Waals surface area contributed by atoms with Crippen LogP contribution in [0.2, 0.25) is 0 Å². The van der Waals surface area contributed by atoms with Crippen molar-refractivity contribution in [3.8, 4) is 0 Å². The lowest BCUT2D eigenvalue weighted by molar-refractivity contribution is -0.159. The fourth-order valence-corrected chi connectivity index (χ4v) is 5.10. The molecule has 0 amide bonds. The summed E-state index contributed by atoms with van der Waals surface area (Å²) < 4.78 is 16.1. The third-order valence-corrected chi connectivity index (χ3v) is 7.15. The van der Waals surface area contributed by atoms with Crippen molar-refractivity contribution in [1.29, 1.82) is 0 Å². The van der Waals surface area contributed by atoms with E-state index in [9.17, 15) is 14.4 Å². The molecule has 204 valence electrons. The summed E-state index contributed by atoms with van der Waals surface area (Å²) in [5.74, 6) is -2.48. The maximum atomic E-state index is 13.2. The zero-order valence-electron chi connectivity index (χ0n) is 22.7. The molecule has 0 aliphatic carbocycles. The quantitative estimate of drug-likeness (QED) is 0.135. The molecule has 0 aromatic heterocycles. The first kappa shape index (κ1) is 29.1. The van der Waals surface area contributed by atoms with Gasteiger partial charge in [0.15, 0.2) is 0 Å². The van der Waals surface area contributed by atoms with Crippen molar-refractivity contribution in [3.63, 3.8) is 0 Å². The molecule has 3 aromatic rings. The van der Waals surface area contributed by atoms with Crippen molar-refractivity contribution in [3.05, 3.63) is 60.2 Å². The van der Waals surface area contributed by atoms with Gasteiger partial charge in [-0.05, 0) is 53.8 Å². The van der Waals surface area contributed by atoms with E-state index in [0.29, 0.717) is 12.8 Å². The number of aliphatic hydroxyl groups is 1. The van der Waals surface area contributed by atoms with Gasteiger partial charge in [0, 0.05) is 18.6 Å². The summed E-state index contributed by atoms with van der Waals surface area (Å²) in [4.78, 5) is 38.6. The second-order valence-electron chi connectivity index (χ2n) is 10.1. The molecular formula is C31H38O7. The number of aliphatic hydroxyl groups excluding tert-OH is 1. The average molecular weight is 523 g/mol. The van der Waals surface area contributed by atoms with Crippen LogP contribution in [-0.4, -0.2) is 43.3 Å². The Balaban J connectivity index is 1.75. The molecule has 1 N–H and O–H groups in total. The van der Waals surface area contributed by atoms with Gasteiger partial charge in [-0.3, -0.25) is 14.4 Å². The lowest BCUT2D eigenvalue weighted by Crippen LogP contribution is -2.37. The van der Waals surface area contributed by atoms with Gasteiger partial charge in [-0.1, -0.05) is 62.4 Å². The molecule has 0 heterocycles. The lowest BCUT2D eigenvalue weighted by atomic mass is 9.74. The van der Waals surface area contributed by atoms with E-state index < -0.39 is 35.2 Å². The highest BCUT2D eigenvalue weighted by Crippen LogP contribution is 2.37. The molecule has 0 bridgehead atoms. The number of hydrogen-bond acceptors (Lipinski definition) is 7. The van der Waals surface area contributed by atoms with Gasteiger partial charge in [-0.2, -0.15) is 0 Å². The van der Waals surface area contributed by atoms with Crippen LogP contribution in [-0.2, 0) is 35.2 Å². The Labute approximate surface area is 224 Å². The van der Waals surface area contributed by atoms with Crippen LogP contribution >= 0.6 is 0 Å². The van der Waals surface area contributed by atoms with Gasteiger partial charge < -0.3 is 19.3 Å². The summed E-state index contributed by atoms with van der Waals surface area (Å²) in [6.07, 6.45) is 1.16. The topological polar surface area (TPSA) is 99.1 Å². The van der Waals surface area contributed by atoms with Gasteiger partial charge in [-0.15, -0.1) is 0 Å². The van der Waals surface area contributed by atoms with Crippen LogP contribution in [0.1, 0.15) is 52.0 Å². The third-order valence-electron chi connectivity index (χ3n) is 7.15. The molecule has 3 atom stereocenters. The minimum atomic E-state index is -1.09. The van der Waals surface area contributed by atoms with Gasteiger partial charge in [0.2, 0.25) is 0 Å². The largest absolute Gasteiger partial charge is 0.469 e. The number of ether oxygens (including phenoxy) is 3. The highest BCUT2D eigenvalue weighted by Gasteiger charge is 2.41. The molecule has 0 spiro atoms. The van der Waals surface area contributed by atoms with Gasteiger partial charge in [0.25, 0.3) is 0 Å². The SMILES string of the molecule is CCC(CC(C)(CC(C)C(=O)OCc1c2ccccc2cc2ccccc12)C(=O)OC)C(=O)OCCCO.